The molecule has 40 heavy (non-hydrogen) atoms. The normalized spacial score (nSPS) is 23.5. The Balaban J connectivity index is 1.72. The summed E-state index contributed by atoms with van der Waals surface area (Å²) in [5, 5.41) is 18.9. The first kappa shape index (κ1) is 28.5. The van der Waals surface area contributed by atoms with Crippen molar-refractivity contribution in [3.8, 4) is 6.07 Å². The molecule has 3 heterocycles. The second kappa shape index (κ2) is 10.7. The Morgan fingerprint density at radius 3 is 2.67 bits per heavy atom. The Bertz CT molecular complexity index is 1530. The van der Waals surface area contributed by atoms with E-state index in [0.717, 1.165) is 0 Å². The first-order chi connectivity index (χ1) is 19.0. The number of amides is 2. The quantitative estimate of drug-likeness (QED) is 0.226. The van der Waals surface area contributed by atoms with Crippen LogP contribution in [0.15, 0.2) is 54.7 Å². The molecule has 2 aliphatic heterocycles. The number of aromatic nitrogens is 1. The maximum absolute atomic E-state index is 16.2. The Morgan fingerprint density at radius 2 is 2.02 bits per heavy atom. The second-order valence-electron chi connectivity index (χ2n) is 11.4. The van der Waals surface area contributed by atoms with Gasteiger partial charge in [0.1, 0.15) is 23.0 Å². The molecule has 2 amide bonds. The molecule has 206 valence electrons. The van der Waals surface area contributed by atoms with Crippen molar-refractivity contribution in [2.75, 3.05) is 10.6 Å². The summed E-state index contributed by atoms with van der Waals surface area (Å²) in [5.74, 6) is -2.03. The van der Waals surface area contributed by atoms with Crippen LogP contribution >= 0.6 is 34.2 Å². The fraction of sp³-hybridized carbons (Fsp3) is 0.333. The molecule has 0 aliphatic carbocycles. The van der Waals surface area contributed by atoms with Crippen molar-refractivity contribution in [2.45, 2.75) is 55.0 Å². The highest BCUT2D eigenvalue weighted by atomic mass is 127. The van der Waals surface area contributed by atoms with E-state index in [0.29, 0.717) is 43.9 Å². The van der Waals surface area contributed by atoms with Crippen molar-refractivity contribution in [1.82, 2.24) is 10.3 Å². The molecule has 0 saturated carbocycles. The number of alkyl halides is 1. The smallest absolute Gasteiger partial charge is 0.242 e. The highest BCUT2D eigenvalue weighted by Crippen LogP contribution is 2.57. The number of nitrogens with one attached hydrogen (secondary N) is 3. The van der Waals surface area contributed by atoms with Crippen LogP contribution in [0.25, 0.3) is 0 Å². The predicted molar refractivity (Wildman–Crippen MR) is 161 cm³/mol. The third-order valence-corrected chi connectivity index (χ3v) is 8.69. The second-order valence-corrected chi connectivity index (χ2v) is 12.6. The highest BCUT2D eigenvalue weighted by molar-refractivity contribution is 14.1. The Hall–Kier alpha value is -3.07. The molecule has 5 rings (SSSR count). The number of hydrogen-bond donors (Lipinski definition) is 3. The fourth-order valence-electron chi connectivity index (χ4n) is 6.09. The van der Waals surface area contributed by atoms with Crippen molar-refractivity contribution in [1.29, 1.82) is 5.26 Å². The lowest BCUT2D eigenvalue weighted by atomic mass is 9.62. The number of rotatable bonds is 5. The molecule has 3 aromatic rings. The highest BCUT2D eigenvalue weighted by Gasteiger charge is 2.66. The largest absolute Gasteiger partial charge is 0.325 e. The van der Waals surface area contributed by atoms with Crippen molar-refractivity contribution in [2.24, 2.45) is 5.41 Å². The van der Waals surface area contributed by atoms with Gasteiger partial charge in [-0.25, -0.2) is 9.37 Å². The Morgan fingerprint density at radius 1 is 1.25 bits per heavy atom. The summed E-state index contributed by atoms with van der Waals surface area (Å²) in [4.78, 5) is 32.3. The van der Waals surface area contributed by atoms with Gasteiger partial charge in [0.15, 0.2) is 0 Å². The lowest BCUT2D eigenvalue weighted by Crippen LogP contribution is -2.49. The average Bonchev–Trinajstić information content (AvgIpc) is 3.38. The first-order valence-electron chi connectivity index (χ1n) is 12.9. The topological polar surface area (TPSA) is 107 Å². The van der Waals surface area contributed by atoms with Crippen LogP contribution in [0.1, 0.15) is 55.5 Å². The van der Waals surface area contributed by atoms with Gasteiger partial charge in [-0.05, 0) is 52.8 Å². The third kappa shape index (κ3) is 4.86. The number of carbonyl (C=O) groups is 2. The summed E-state index contributed by atoms with van der Waals surface area (Å²) in [6.45, 7) is 6.21. The maximum Gasteiger partial charge on any atom is 0.242 e. The Kier molecular flexibility index (Phi) is 7.63. The lowest BCUT2D eigenvalue weighted by molar-refractivity contribution is -0.122. The minimum absolute atomic E-state index is 0.217. The van der Waals surface area contributed by atoms with Crippen molar-refractivity contribution in [3.63, 3.8) is 0 Å². The maximum atomic E-state index is 16.2. The van der Waals surface area contributed by atoms with Crippen LogP contribution in [0.2, 0.25) is 5.02 Å². The van der Waals surface area contributed by atoms with Gasteiger partial charge in [0.2, 0.25) is 11.8 Å². The van der Waals surface area contributed by atoms with E-state index in [2.05, 4.69) is 64.3 Å². The predicted octanol–water partition coefficient (Wildman–Crippen LogP) is 6.07. The third-order valence-electron chi connectivity index (χ3n) is 7.64. The summed E-state index contributed by atoms with van der Waals surface area (Å²) in [6.07, 6.45) is 1.94. The number of fused-ring (bicyclic) bond motifs is 2. The number of nitrogens with zero attached hydrogens (tertiary/aromatic N) is 2. The molecule has 10 heteroatoms. The minimum atomic E-state index is -1.29. The van der Waals surface area contributed by atoms with Gasteiger partial charge in [0.05, 0.1) is 17.9 Å². The van der Waals surface area contributed by atoms with E-state index in [1.807, 2.05) is 12.1 Å². The molecule has 1 saturated heterocycles. The number of pyridine rings is 1. The SMILES string of the molecule is CC(C)(C)C[C@@H]1N[C@@H](C(=O)Nc2ccc(C#N)nc2)[C@H](c2cccc(CI)c2F)[C@]12C(=O)Nc1cc(Cl)ccc12. The molecular weight excluding hydrogens is 644 g/mol. The van der Waals surface area contributed by atoms with Crippen LogP contribution in [-0.4, -0.2) is 28.9 Å². The van der Waals surface area contributed by atoms with Gasteiger partial charge in [0.25, 0.3) is 0 Å². The number of hydrogen-bond acceptors (Lipinski definition) is 5. The van der Waals surface area contributed by atoms with Gasteiger partial charge in [-0.2, -0.15) is 5.26 Å². The monoisotopic (exact) mass is 671 g/mol. The van der Waals surface area contributed by atoms with Crippen molar-refractivity contribution < 1.29 is 14.0 Å². The van der Waals surface area contributed by atoms with Gasteiger partial charge < -0.3 is 16.0 Å². The van der Waals surface area contributed by atoms with Crippen molar-refractivity contribution in [3.05, 3.63) is 88.0 Å². The number of halogens is 3. The number of anilines is 2. The van der Waals surface area contributed by atoms with E-state index in [1.165, 1.54) is 12.3 Å². The summed E-state index contributed by atoms with van der Waals surface area (Å²) in [6, 6.07) is 14.0. The average molecular weight is 672 g/mol. The summed E-state index contributed by atoms with van der Waals surface area (Å²) in [7, 11) is 0. The van der Waals surface area contributed by atoms with Crippen LogP contribution in [0, 0.1) is 22.6 Å². The van der Waals surface area contributed by atoms with E-state index in [1.54, 1.807) is 36.4 Å². The minimum Gasteiger partial charge on any atom is -0.325 e. The Labute approximate surface area is 251 Å². The fourth-order valence-corrected chi connectivity index (χ4v) is 6.85. The van der Waals surface area contributed by atoms with E-state index in [4.69, 9.17) is 16.9 Å². The zero-order valence-corrected chi connectivity index (χ0v) is 25.1. The number of nitriles is 1. The van der Waals surface area contributed by atoms with Gasteiger partial charge >= 0.3 is 0 Å². The van der Waals surface area contributed by atoms with E-state index < -0.39 is 35.1 Å². The van der Waals surface area contributed by atoms with Crippen LogP contribution < -0.4 is 16.0 Å². The van der Waals surface area contributed by atoms with Gasteiger partial charge in [-0.15, -0.1) is 0 Å². The molecule has 7 nitrogen and oxygen atoms in total. The summed E-state index contributed by atoms with van der Waals surface area (Å²) >= 11 is 8.41. The van der Waals surface area contributed by atoms with E-state index in [9.17, 15) is 9.59 Å². The standard InChI is InChI=1S/C30H28ClFIN5O2/c1-29(2,3)12-23-30(21-10-7-17(31)11-22(21)37-28(30)40)24(20-6-4-5-16(13-33)25(20)32)26(38-23)27(39)36-19-9-8-18(14-34)35-15-19/h4-11,15,23-24,26,38H,12-13H2,1-3H3,(H,36,39)(H,37,40)/t23-,24-,26+,30+/m0/s1. The molecule has 1 spiro atoms. The van der Waals surface area contributed by atoms with Crippen LogP contribution in [0.5, 0.6) is 0 Å². The number of carbonyl (C=O) groups excluding carboxylic acids is 2. The first-order valence-corrected chi connectivity index (χ1v) is 14.8. The summed E-state index contributed by atoms with van der Waals surface area (Å²) in [5.41, 5.74) is 1.14. The molecule has 2 aliphatic rings. The van der Waals surface area contributed by atoms with Gasteiger partial charge in [-0.1, -0.05) is 79.2 Å². The molecule has 3 N–H and O–H groups in total. The summed E-state index contributed by atoms with van der Waals surface area (Å²) < 4.78 is 16.6. The zero-order valence-electron chi connectivity index (χ0n) is 22.2. The molecule has 1 fully saturated rings. The molecule has 4 atom stereocenters. The number of benzene rings is 2. The molecule has 0 unspecified atom stereocenters. The van der Waals surface area contributed by atoms with Crippen LogP contribution in [0.4, 0.5) is 15.8 Å². The van der Waals surface area contributed by atoms with Crippen LogP contribution in [-0.2, 0) is 19.4 Å². The molecule has 0 radical (unpaired) electrons. The molecule has 1 aromatic heterocycles. The molecule has 0 bridgehead atoms. The van der Waals surface area contributed by atoms with Gasteiger partial charge in [-0.3, -0.25) is 9.59 Å². The van der Waals surface area contributed by atoms with Crippen LogP contribution in [0.3, 0.4) is 0 Å². The lowest BCUT2D eigenvalue weighted by Gasteiger charge is -2.37. The molecule has 2 aromatic carbocycles. The van der Waals surface area contributed by atoms with Gasteiger partial charge in [0, 0.05) is 27.1 Å². The van der Waals surface area contributed by atoms with E-state index >= 15 is 4.39 Å². The molecular formula is C30H28ClFIN5O2. The van der Waals surface area contributed by atoms with E-state index in [-0.39, 0.29) is 17.0 Å². The zero-order chi connectivity index (χ0) is 28.8. The van der Waals surface area contributed by atoms with Crippen molar-refractivity contribution >= 4 is 57.4 Å².